The van der Waals surface area contributed by atoms with Gasteiger partial charge in [-0.1, -0.05) is 32.9 Å². The molecular formula is C17H23NO3. The molecule has 0 aromatic heterocycles. The third-order valence-corrected chi connectivity index (χ3v) is 4.19. The molecule has 0 N–H and O–H groups in total. The highest BCUT2D eigenvalue weighted by atomic mass is 16.5. The number of rotatable bonds is 3. The molecule has 4 heteroatoms. The van der Waals surface area contributed by atoms with Gasteiger partial charge in [-0.3, -0.25) is 4.79 Å². The van der Waals surface area contributed by atoms with Gasteiger partial charge in [0.2, 0.25) is 5.91 Å². The molecule has 1 amide bonds. The van der Waals surface area contributed by atoms with Crippen molar-refractivity contribution >= 4 is 11.9 Å². The summed E-state index contributed by atoms with van der Waals surface area (Å²) in [7, 11) is 1.37. The lowest BCUT2D eigenvalue weighted by molar-refractivity contribution is -0.128. The largest absolute Gasteiger partial charge is 0.465 e. The molecule has 1 atom stereocenters. The minimum absolute atomic E-state index is 0.152. The lowest BCUT2D eigenvalue weighted by Gasteiger charge is -2.26. The second kappa shape index (κ2) is 5.88. The number of esters is 1. The molecule has 0 radical (unpaired) electrons. The van der Waals surface area contributed by atoms with Crippen molar-refractivity contribution in [2.24, 2.45) is 11.3 Å². The summed E-state index contributed by atoms with van der Waals surface area (Å²) in [5.41, 5.74) is 1.71. The van der Waals surface area contributed by atoms with Gasteiger partial charge in [-0.25, -0.2) is 4.79 Å². The van der Waals surface area contributed by atoms with E-state index in [0.29, 0.717) is 24.4 Å². The lowest BCUT2D eigenvalue weighted by atomic mass is 9.80. The Morgan fingerprint density at radius 3 is 2.38 bits per heavy atom. The van der Waals surface area contributed by atoms with Crippen LogP contribution in [0.2, 0.25) is 0 Å². The zero-order valence-electron chi connectivity index (χ0n) is 13.2. The predicted octanol–water partition coefficient (Wildman–Crippen LogP) is 2.87. The van der Waals surface area contributed by atoms with E-state index in [9.17, 15) is 9.59 Å². The van der Waals surface area contributed by atoms with Crippen molar-refractivity contribution in [3.8, 4) is 0 Å². The van der Waals surface area contributed by atoms with Crippen molar-refractivity contribution in [3.05, 3.63) is 35.4 Å². The summed E-state index contributed by atoms with van der Waals surface area (Å²) in [5, 5.41) is 0. The third kappa shape index (κ3) is 3.63. The average molecular weight is 289 g/mol. The molecule has 1 heterocycles. The summed E-state index contributed by atoms with van der Waals surface area (Å²) in [5.74, 6) is 0.276. The quantitative estimate of drug-likeness (QED) is 0.804. The molecule has 114 valence electrons. The summed E-state index contributed by atoms with van der Waals surface area (Å²) < 4.78 is 4.67. The second-order valence-electron chi connectivity index (χ2n) is 6.73. The van der Waals surface area contributed by atoms with Crippen molar-refractivity contribution in [1.82, 2.24) is 4.90 Å². The maximum absolute atomic E-state index is 12.1. The first-order chi connectivity index (χ1) is 9.81. The van der Waals surface area contributed by atoms with Crippen molar-refractivity contribution in [3.63, 3.8) is 0 Å². The van der Waals surface area contributed by atoms with Crippen LogP contribution >= 0.6 is 0 Å². The molecule has 0 bridgehead atoms. The molecule has 1 unspecified atom stereocenters. The van der Waals surface area contributed by atoms with E-state index < -0.39 is 0 Å². The minimum atomic E-state index is -0.341. The van der Waals surface area contributed by atoms with E-state index in [1.807, 2.05) is 17.0 Å². The normalized spacial score (nSPS) is 19.0. The Balaban J connectivity index is 2.02. The van der Waals surface area contributed by atoms with E-state index in [4.69, 9.17) is 0 Å². The maximum atomic E-state index is 12.1. The van der Waals surface area contributed by atoms with Gasteiger partial charge < -0.3 is 9.64 Å². The van der Waals surface area contributed by atoms with Gasteiger partial charge in [0.05, 0.1) is 12.7 Å². The number of hydrogen-bond donors (Lipinski definition) is 0. The average Bonchev–Trinajstić information content (AvgIpc) is 2.80. The Bertz CT molecular complexity index is 528. The number of likely N-dealkylation sites (tertiary alicyclic amines) is 1. The van der Waals surface area contributed by atoms with Gasteiger partial charge in [0.15, 0.2) is 0 Å². The summed E-state index contributed by atoms with van der Waals surface area (Å²) >= 11 is 0. The van der Waals surface area contributed by atoms with Crippen LogP contribution in [0.1, 0.15) is 43.1 Å². The van der Waals surface area contributed by atoms with E-state index in [2.05, 4.69) is 25.5 Å². The fourth-order valence-corrected chi connectivity index (χ4v) is 2.59. The molecule has 0 saturated carbocycles. The van der Waals surface area contributed by atoms with E-state index in [1.165, 1.54) is 7.11 Å². The molecule has 21 heavy (non-hydrogen) atoms. The van der Waals surface area contributed by atoms with Crippen molar-refractivity contribution < 1.29 is 14.3 Å². The Labute approximate surface area is 126 Å². The van der Waals surface area contributed by atoms with Gasteiger partial charge in [0.1, 0.15) is 0 Å². The van der Waals surface area contributed by atoms with Crippen LogP contribution in [0, 0.1) is 11.3 Å². The van der Waals surface area contributed by atoms with E-state index in [-0.39, 0.29) is 17.3 Å². The highest BCUT2D eigenvalue weighted by Gasteiger charge is 2.36. The van der Waals surface area contributed by atoms with Crippen molar-refractivity contribution in [2.45, 2.75) is 33.7 Å². The van der Waals surface area contributed by atoms with Crippen molar-refractivity contribution in [2.75, 3.05) is 13.7 Å². The fraction of sp³-hybridized carbons (Fsp3) is 0.529. The molecule has 1 aromatic rings. The Morgan fingerprint density at radius 1 is 1.29 bits per heavy atom. The van der Waals surface area contributed by atoms with E-state index in [1.54, 1.807) is 12.1 Å². The van der Waals surface area contributed by atoms with Crippen LogP contribution in [0.25, 0.3) is 0 Å². The number of carbonyl (C=O) groups is 2. The zero-order valence-corrected chi connectivity index (χ0v) is 13.2. The number of amides is 1. The van der Waals surface area contributed by atoms with Gasteiger partial charge in [-0.2, -0.15) is 0 Å². The smallest absolute Gasteiger partial charge is 0.337 e. The van der Waals surface area contributed by atoms with E-state index >= 15 is 0 Å². The molecular weight excluding hydrogens is 266 g/mol. The number of carbonyl (C=O) groups excluding carboxylic acids is 2. The summed E-state index contributed by atoms with van der Waals surface area (Å²) in [6.45, 7) is 7.95. The van der Waals surface area contributed by atoms with Crippen LogP contribution in [-0.4, -0.2) is 30.4 Å². The van der Waals surface area contributed by atoms with Crippen LogP contribution in [0.3, 0.4) is 0 Å². The van der Waals surface area contributed by atoms with Gasteiger partial charge >= 0.3 is 5.97 Å². The number of methoxy groups -OCH3 is 1. The number of benzene rings is 1. The van der Waals surface area contributed by atoms with Crippen LogP contribution in [0.5, 0.6) is 0 Å². The summed E-state index contributed by atoms with van der Waals surface area (Å²) in [6.07, 6.45) is 0.629. The van der Waals surface area contributed by atoms with Crippen LogP contribution < -0.4 is 0 Å². The molecule has 1 aliphatic heterocycles. The lowest BCUT2D eigenvalue weighted by Crippen LogP contribution is -2.27. The zero-order chi connectivity index (χ0) is 15.6. The predicted molar refractivity (Wildman–Crippen MR) is 80.8 cm³/mol. The summed E-state index contributed by atoms with van der Waals surface area (Å²) in [6, 6.07) is 7.24. The molecule has 2 rings (SSSR count). The van der Waals surface area contributed by atoms with Crippen LogP contribution in [-0.2, 0) is 16.1 Å². The molecule has 1 aliphatic rings. The first-order valence-corrected chi connectivity index (χ1v) is 7.26. The van der Waals surface area contributed by atoms with Gasteiger partial charge in [-0.05, 0) is 29.0 Å². The molecule has 1 aromatic carbocycles. The van der Waals surface area contributed by atoms with Gasteiger partial charge in [0, 0.05) is 19.5 Å². The highest BCUT2D eigenvalue weighted by molar-refractivity contribution is 5.89. The molecule has 0 aliphatic carbocycles. The monoisotopic (exact) mass is 289 g/mol. The Hall–Kier alpha value is -1.84. The minimum Gasteiger partial charge on any atom is -0.465 e. The second-order valence-corrected chi connectivity index (χ2v) is 6.73. The Kier molecular flexibility index (Phi) is 4.35. The first-order valence-electron chi connectivity index (χ1n) is 7.26. The summed E-state index contributed by atoms with van der Waals surface area (Å²) in [4.78, 5) is 25.4. The van der Waals surface area contributed by atoms with Crippen LogP contribution in [0.4, 0.5) is 0 Å². The van der Waals surface area contributed by atoms with Gasteiger partial charge in [0.25, 0.3) is 0 Å². The fourth-order valence-electron chi connectivity index (χ4n) is 2.59. The first kappa shape index (κ1) is 15.5. The molecule has 4 nitrogen and oxygen atoms in total. The Morgan fingerprint density at radius 2 is 1.90 bits per heavy atom. The molecule has 1 saturated heterocycles. The molecule has 1 fully saturated rings. The number of ether oxygens (including phenoxy) is 1. The standard InChI is InChI=1S/C17H23NO3/c1-17(2,3)14-9-15(19)18(11-14)10-12-5-7-13(8-6-12)16(20)21-4/h5-8,14H,9-11H2,1-4H3. The van der Waals surface area contributed by atoms with Crippen molar-refractivity contribution in [1.29, 1.82) is 0 Å². The SMILES string of the molecule is COC(=O)c1ccc(CN2CC(C(C)(C)C)CC2=O)cc1. The highest BCUT2D eigenvalue weighted by Crippen LogP contribution is 2.34. The number of hydrogen-bond acceptors (Lipinski definition) is 3. The maximum Gasteiger partial charge on any atom is 0.337 e. The third-order valence-electron chi connectivity index (χ3n) is 4.19. The van der Waals surface area contributed by atoms with Crippen LogP contribution in [0.15, 0.2) is 24.3 Å². The number of nitrogens with zero attached hydrogens (tertiary/aromatic N) is 1. The topological polar surface area (TPSA) is 46.6 Å². The molecule has 0 spiro atoms. The van der Waals surface area contributed by atoms with E-state index in [0.717, 1.165) is 12.1 Å². The van der Waals surface area contributed by atoms with Gasteiger partial charge in [-0.15, -0.1) is 0 Å².